The third kappa shape index (κ3) is 3.29. The van der Waals surface area contributed by atoms with Crippen molar-refractivity contribution in [2.24, 2.45) is 11.7 Å². The summed E-state index contributed by atoms with van der Waals surface area (Å²) < 4.78 is 0.723. The van der Waals surface area contributed by atoms with E-state index in [2.05, 4.69) is 10.3 Å². The van der Waals surface area contributed by atoms with Crippen molar-refractivity contribution in [1.82, 2.24) is 10.3 Å². The molecule has 1 saturated carbocycles. The van der Waals surface area contributed by atoms with E-state index < -0.39 is 0 Å². The van der Waals surface area contributed by atoms with Crippen molar-refractivity contribution in [2.75, 3.05) is 6.54 Å². The molecule has 1 unspecified atom stereocenters. The highest BCUT2D eigenvalue weighted by molar-refractivity contribution is 7.24. The van der Waals surface area contributed by atoms with E-state index >= 15 is 0 Å². The average molecular weight is 342 g/mol. The Bertz CT molecular complexity index is 663. The number of carbonyl (C=O) groups excluding carboxylic acids is 1. The summed E-state index contributed by atoms with van der Waals surface area (Å²) in [7, 11) is 0. The topological polar surface area (TPSA) is 68.0 Å². The monoisotopic (exact) mass is 341 g/mol. The van der Waals surface area contributed by atoms with Gasteiger partial charge in [0.15, 0.2) is 0 Å². The summed E-state index contributed by atoms with van der Waals surface area (Å²) in [6.07, 6.45) is 2.31. The van der Waals surface area contributed by atoms with E-state index in [1.807, 2.05) is 19.1 Å². The largest absolute Gasteiger partial charge is 0.347 e. The highest BCUT2D eigenvalue weighted by atomic mass is 35.5. The number of thiazole rings is 1. The molecule has 0 spiro atoms. The fraction of sp³-hybridized carbons (Fsp3) is 0.429. The Morgan fingerprint density at radius 3 is 2.86 bits per heavy atom. The van der Waals surface area contributed by atoms with Gasteiger partial charge in [0.25, 0.3) is 5.91 Å². The molecule has 4 nitrogen and oxygen atoms in total. The fourth-order valence-electron chi connectivity index (χ4n) is 2.24. The van der Waals surface area contributed by atoms with E-state index in [1.165, 1.54) is 22.7 Å². The van der Waals surface area contributed by atoms with Gasteiger partial charge < -0.3 is 11.1 Å². The minimum absolute atomic E-state index is 0.0683. The SMILES string of the molecule is Cc1nc(-c2ccc(Cl)s2)sc1C(=O)NC(CN)C1CC1. The molecule has 1 fully saturated rings. The van der Waals surface area contributed by atoms with Gasteiger partial charge in [-0.05, 0) is 37.8 Å². The first-order valence-corrected chi connectivity index (χ1v) is 8.83. The molecule has 0 aromatic carbocycles. The van der Waals surface area contributed by atoms with Crippen molar-refractivity contribution >= 4 is 40.2 Å². The summed E-state index contributed by atoms with van der Waals surface area (Å²) in [5.74, 6) is 0.476. The third-order valence-electron chi connectivity index (χ3n) is 3.55. The van der Waals surface area contributed by atoms with E-state index in [0.717, 1.165) is 32.8 Å². The Hall–Kier alpha value is -0.950. The third-order valence-corrected chi connectivity index (χ3v) is 6.10. The van der Waals surface area contributed by atoms with Gasteiger partial charge in [-0.1, -0.05) is 11.6 Å². The molecular weight excluding hydrogens is 326 g/mol. The maximum absolute atomic E-state index is 12.4. The van der Waals surface area contributed by atoms with Crippen LogP contribution in [0.4, 0.5) is 0 Å². The average Bonchev–Trinajstić information content (AvgIpc) is 3.09. The lowest BCUT2D eigenvalue weighted by Crippen LogP contribution is -2.41. The summed E-state index contributed by atoms with van der Waals surface area (Å²) in [5, 5.41) is 3.88. The van der Waals surface area contributed by atoms with Gasteiger partial charge >= 0.3 is 0 Å². The van der Waals surface area contributed by atoms with Crippen LogP contribution < -0.4 is 11.1 Å². The van der Waals surface area contributed by atoms with Crippen LogP contribution in [0.5, 0.6) is 0 Å². The molecule has 1 aliphatic rings. The summed E-state index contributed by atoms with van der Waals surface area (Å²) in [4.78, 5) is 18.5. The van der Waals surface area contributed by atoms with E-state index in [-0.39, 0.29) is 11.9 Å². The number of amides is 1. The molecule has 1 atom stereocenters. The molecule has 0 aliphatic heterocycles. The Morgan fingerprint density at radius 1 is 1.52 bits per heavy atom. The molecule has 3 rings (SSSR count). The first-order valence-electron chi connectivity index (χ1n) is 6.82. The number of halogens is 1. The van der Waals surface area contributed by atoms with Crippen LogP contribution >= 0.6 is 34.3 Å². The molecule has 0 radical (unpaired) electrons. The number of rotatable bonds is 5. The Morgan fingerprint density at radius 2 is 2.29 bits per heavy atom. The van der Waals surface area contributed by atoms with Crippen LogP contribution in [-0.4, -0.2) is 23.5 Å². The van der Waals surface area contributed by atoms with Gasteiger partial charge in [0, 0.05) is 12.6 Å². The van der Waals surface area contributed by atoms with Crippen LogP contribution in [0.15, 0.2) is 12.1 Å². The minimum atomic E-state index is -0.0683. The first kappa shape index (κ1) is 15.0. The Kier molecular flexibility index (Phi) is 4.31. The van der Waals surface area contributed by atoms with Crippen molar-refractivity contribution < 1.29 is 4.79 Å². The van der Waals surface area contributed by atoms with Gasteiger partial charge in [0.2, 0.25) is 0 Å². The minimum Gasteiger partial charge on any atom is -0.347 e. The first-order chi connectivity index (χ1) is 10.1. The Labute approximate surface area is 136 Å². The molecule has 1 aliphatic carbocycles. The molecule has 0 saturated heterocycles. The lowest BCUT2D eigenvalue weighted by molar-refractivity contribution is 0.0937. The fourth-order valence-corrected chi connectivity index (χ4v) is 4.31. The number of carbonyl (C=O) groups is 1. The normalized spacial score (nSPS) is 16.0. The number of nitrogens with one attached hydrogen (secondary N) is 1. The molecule has 7 heteroatoms. The number of aromatic nitrogens is 1. The second kappa shape index (κ2) is 6.04. The van der Waals surface area contributed by atoms with Crippen molar-refractivity contribution in [3.63, 3.8) is 0 Å². The molecule has 1 amide bonds. The second-order valence-electron chi connectivity index (χ2n) is 5.19. The van der Waals surface area contributed by atoms with Crippen molar-refractivity contribution in [3.05, 3.63) is 27.0 Å². The van der Waals surface area contributed by atoms with Crippen molar-refractivity contribution in [2.45, 2.75) is 25.8 Å². The van der Waals surface area contributed by atoms with Crippen molar-refractivity contribution in [3.8, 4) is 9.88 Å². The predicted molar refractivity (Wildman–Crippen MR) is 88.2 cm³/mol. The zero-order valence-corrected chi connectivity index (χ0v) is 13.9. The van der Waals surface area contributed by atoms with E-state index in [0.29, 0.717) is 17.3 Å². The van der Waals surface area contributed by atoms with Crippen LogP contribution in [0.3, 0.4) is 0 Å². The molecule has 2 aromatic heterocycles. The molecule has 21 heavy (non-hydrogen) atoms. The number of thiophene rings is 1. The smallest absolute Gasteiger partial charge is 0.263 e. The number of hydrogen-bond donors (Lipinski definition) is 2. The van der Waals surface area contributed by atoms with Gasteiger partial charge in [-0.2, -0.15) is 0 Å². The summed E-state index contributed by atoms with van der Waals surface area (Å²) in [5.41, 5.74) is 6.49. The molecule has 0 bridgehead atoms. The number of aryl methyl sites for hydroxylation is 1. The zero-order valence-electron chi connectivity index (χ0n) is 11.6. The number of nitrogens with zero attached hydrogens (tertiary/aromatic N) is 1. The maximum Gasteiger partial charge on any atom is 0.263 e. The molecule has 112 valence electrons. The zero-order chi connectivity index (χ0) is 15.0. The molecule has 3 N–H and O–H groups in total. The number of hydrogen-bond acceptors (Lipinski definition) is 5. The van der Waals surface area contributed by atoms with Crippen molar-refractivity contribution in [1.29, 1.82) is 0 Å². The van der Waals surface area contributed by atoms with Gasteiger partial charge in [-0.3, -0.25) is 4.79 Å². The summed E-state index contributed by atoms with van der Waals surface area (Å²) >= 11 is 8.83. The predicted octanol–water partition coefficient (Wildman–Crippen LogP) is 3.30. The lowest BCUT2D eigenvalue weighted by atomic mass is 10.2. The van der Waals surface area contributed by atoms with Crippen LogP contribution in [0.25, 0.3) is 9.88 Å². The lowest BCUT2D eigenvalue weighted by Gasteiger charge is -2.15. The van der Waals surface area contributed by atoms with Crippen LogP contribution in [0, 0.1) is 12.8 Å². The van der Waals surface area contributed by atoms with Gasteiger partial charge in [0.05, 0.1) is 14.9 Å². The highest BCUT2D eigenvalue weighted by Gasteiger charge is 2.32. The number of nitrogens with two attached hydrogens (primary N) is 1. The van der Waals surface area contributed by atoms with Crippen LogP contribution in [0.1, 0.15) is 28.2 Å². The molecule has 2 aromatic rings. The van der Waals surface area contributed by atoms with E-state index in [9.17, 15) is 4.79 Å². The summed E-state index contributed by atoms with van der Waals surface area (Å²) in [6.45, 7) is 2.35. The Balaban J connectivity index is 1.78. The quantitative estimate of drug-likeness (QED) is 0.876. The highest BCUT2D eigenvalue weighted by Crippen LogP contribution is 2.35. The van der Waals surface area contributed by atoms with Gasteiger partial charge in [-0.15, -0.1) is 22.7 Å². The van der Waals surface area contributed by atoms with E-state index in [1.54, 1.807) is 0 Å². The summed E-state index contributed by atoms with van der Waals surface area (Å²) in [6, 6.07) is 3.86. The molecular formula is C14H16ClN3OS2. The molecule has 2 heterocycles. The van der Waals surface area contributed by atoms with E-state index in [4.69, 9.17) is 17.3 Å². The van der Waals surface area contributed by atoms with Crippen LogP contribution in [0.2, 0.25) is 4.34 Å². The van der Waals surface area contributed by atoms with Gasteiger partial charge in [-0.25, -0.2) is 4.98 Å². The standard InChI is InChI=1S/C14H16ClN3OS2/c1-7-12(13(19)18-9(6-16)8-2-3-8)21-14(17-7)10-4-5-11(15)20-10/h4-5,8-9H,2-3,6,16H2,1H3,(H,18,19). The maximum atomic E-state index is 12.4. The van der Waals surface area contributed by atoms with Gasteiger partial charge in [0.1, 0.15) is 9.88 Å². The van der Waals surface area contributed by atoms with Crippen LogP contribution in [-0.2, 0) is 0 Å². The second-order valence-corrected chi connectivity index (χ2v) is 7.90.